The number of amides is 4. The molecule has 1 spiro atoms. The number of Topliss-reactive ketones (excluding diaryl/α,β-unsaturated/α-hetero) is 1. The van der Waals surface area contributed by atoms with E-state index in [4.69, 9.17) is 37.1 Å². The standard InChI is InChI=1S/C37H48ClN5O9/c1-7-8-25(31(45)34(47)39-22-9-10-22)40-33(46)27-19-37(18-26(42-52-37)23-16-24(38)29(50-6)17-28(23)49-5)20-43(27)35(48)32(36(2,3)4)41-30(44)15-21-11-13-51-14-12-21/h1,16-18,21-22,25,27,32,42H,8-15,19-20H2,2-6H3,(H,39,47)(H,40,46)(H,41,44)/t25-,27-,32+,37+/m0/s1. The first kappa shape index (κ1) is 38.9. The first-order valence-corrected chi connectivity index (χ1v) is 17.9. The summed E-state index contributed by atoms with van der Waals surface area (Å²) in [5.74, 6) is 0.139. The fraction of sp³-hybridized carbons (Fsp3) is 0.595. The van der Waals surface area contributed by atoms with Gasteiger partial charge in [-0.25, -0.2) is 0 Å². The predicted molar refractivity (Wildman–Crippen MR) is 191 cm³/mol. The predicted octanol–water partition coefficient (Wildman–Crippen LogP) is 2.28. The molecule has 52 heavy (non-hydrogen) atoms. The van der Waals surface area contributed by atoms with E-state index in [0.29, 0.717) is 41.0 Å². The fourth-order valence-corrected chi connectivity index (χ4v) is 6.95. The first-order valence-electron chi connectivity index (χ1n) is 17.5. The summed E-state index contributed by atoms with van der Waals surface area (Å²) in [5, 5.41) is 8.56. The van der Waals surface area contributed by atoms with Crippen LogP contribution in [0.3, 0.4) is 0 Å². The molecule has 1 aromatic rings. The molecule has 0 unspecified atom stereocenters. The van der Waals surface area contributed by atoms with Crippen molar-refractivity contribution in [1.29, 1.82) is 0 Å². The summed E-state index contributed by atoms with van der Waals surface area (Å²) >= 11 is 6.46. The zero-order valence-electron chi connectivity index (χ0n) is 30.3. The van der Waals surface area contributed by atoms with Crippen molar-refractivity contribution in [3.05, 3.63) is 28.8 Å². The summed E-state index contributed by atoms with van der Waals surface area (Å²) in [5.41, 5.74) is 1.95. The minimum Gasteiger partial charge on any atom is -0.496 e. The Hall–Kier alpha value is -4.32. The Morgan fingerprint density at radius 1 is 1.08 bits per heavy atom. The third-order valence-corrected chi connectivity index (χ3v) is 10.1. The Labute approximate surface area is 309 Å². The maximum Gasteiger partial charge on any atom is 0.289 e. The number of hydrogen-bond donors (Lipinski definition) is 4. The van der Waals surface area contributed by atoms with Crippen LogP contribution in [-0.2, 0) is 33.5 Å². The number of benzene rings is 1. The van der Waals surface area contributed by atoms with Crippen molar-refractivity contribution in [3.63, 3.8) is 0 Å². The van der Waals surface area contributed by atoms with Gasteiger partial charge in [0.1, 0.15) is 35.2 Å². The van der Waals surface area contributed by atoms with Gasteiger partial charge in [-0.1, -0.05) is 32.4 Å². The first-order chi connectivity index (χ1) is 24.7. The molecule has 4 atom stereocenters. The molecule has 0 bridgehead atoms. The number of methoxy groups -OCH3 is 2. The van der Waals surface area contributed by atoms with Crippen LogP contribution in [0.5, 0.6) is 11.5 Å². The molecule has 5 rings (SSSR count). The van der Waals surface area contributed by atoms with Crippen molar-refractivity contribution in [2.24, 2.45) is 11.3 Å². The van der Waals surface area contributed by atoms with E-state index >= 15 is 0 Å². The van der Waals surface area contributed by atoms with Crippen LogP contribution in [0.2, 0.25) is 5.02 Å². The summed E-state index contributed by atoms with van der Waals surface area (Å²) in [6.45, 7) is 6.56. The zero-order chi connectivity index (χ0) is 37.8. The molecule has 3 fully saturated rings. The molecule has 15 heteroatoms. The molecule has 1 aliphatic carbocycles. The number of hydroxylamine groups is 1. The highest BCUT2D eigenvalue weighted by Gasteiger charge is 2.54. The van der Waals surface area contributed by atoms with Crippen LogP contribution in [0.25, 0.3) is 5.70 Å². The van der Waals surface area contributed by atoms with Crippen LogP contribution in [0, 0.1) is 23.7 Å². The van der Waals surface area contributed by atoms with Crippen LogP contribution in [0.1, 0.15) is 71.3 Å². The van der Waals surface area contributed by atoms with Gasteiger partial charge in [0.25, 0.3) is 5.91 Å². The largest absolute Gasteiger partial charge is 0.496 e. The lowest BCUT2D eigenvalue weighted by atomic mass is 9.85. The van der Waals surface area contributed by atoms with Crippen molar-refractivity contribution < 1.29 is 43.0 Å². The SMILES string of the molecule is C#CC[C@H](NC(=O)[C@@H]1C[C@]2(C=C(c3cc(Cl)c(OC)cc3OC)NO2)CN1C(=O)[C@@H](NC(=O)CC1CCOCC1)C(C)(C)C)C(=O)C(=O)NC1CC1. The highest BCUT2D eigenvalue weighted by Crippen LogP contribution is 2.42. The number of nitrogens with one attached hydrogen (secondary N) is 4. The van der Waals surface area contributed by atoms with E-state index in [0.717, 1.165) is 25.7 Å². The van der Waals surface area contributed by atoms with Crippen molar-refractivity contribution >= 4 is 46.7 Å². The van der Waals surface area contributed by atoms with Crippen LogP contribution in [-0.4, -0.2) is 98.1 Å². The molecule has 0 aromatic heterocycles. The Morgan fingerprint density at radius 2 is 1.77 bits per heavy atom. The molecule has 0 radical (unpaired) electrons. The van der Waals surface area contributed by atoms with Gasteiger partial charge in [-0.2, -0.15) is 0 Å². The summed E-state index contributed by atoms with van der Waals surface area (Å²) in [4.78, 5) is 75.5. The number of halogens is 1. The van der Waals surface area contributed by atoms with Gasteiger partial charge in [0.05, 0.1) is 31.5 Å². The van der Waals surface area contributed by atoms with Crippen molar-refractivity contribution in [2.45, 2.75) is 95.5 Å². The summed E-state index contributed by atoms with van der Waals surface area (Å²) < 4.78 is 16.4. The molecule has 1 saturated carbocycles. The minimum atomic E-state index is -1.32. The summed E-state index contributed by atoms with van der Waals surface area (Å²) in [6, 6.07) is -0.315. The van der Waals surface area contributed by atoms with Crippen LogP contribution in [0.15, 0.2) is 18.2 Å². The van der Waals surface area contributed by atoms with Crippen molar-refractivity contribution in [2.75, 3.05) is 34.0 Å². The number of nitrogens with zero attached hydrogens (tertiary/aromatic N) is 1. The molecule has 3 aliphatic heterocycles. The van der Waals surface area contributed by atoms with Crippen molar-refractivity contribution in [3.8, 4) is 23.8 Å². The average Bonchev–Trinajstić information content (AvgIpc) is 3.71. The summed E-state index contributed by atoms with van der Waals surface area (Å²) in [7, 11) is 2.98. The van der Waals surface area contributed by atoms with Gasteiger partial charge in [-0.3, -0.25) is 34.3 Å². The second-order valence-electron chi connectivity index (χ2n) is 14.9. The molecular formula is C37H48ClN5O9. The average molecular weight is 742 g/mol. The van der Waals surface area contributed by atoms with Gasteiger partial charge in [0.15, 0.2) is 0 Å². The molecular weight excluding hydrogens is 694 g/mol. The Kier molecular flexibility index (Phi) is 12.1. The van der Waals surface area contributed by atoms with Gasteiger partial charge >= 0.3 is 0 Å². The highest BCUT2D eigenvalue weighted by molar-refractivity contribution is 6.38. The molecule has 4 N–H and O–H groups in total. The molecule has 14 nitrogen and oxygen atoms in total. The molecule has 282 valence electrons. The normalized spacial score (nSPS) is 22.8. The van der Waals surface area contributed by atoms with E-state index in [-0.39, 0.29) is 43.7 Å². The van der Waals surface area contributed by atoms with E-state index in [2.05, 4.69) is 27.4 Å². The maximum absolute atomic E-state index is 14.6. The quantitative estimate of drug-likeness (QED) is 0.174. The van der Waals surface area contributed by atoms with Gasteiger partial charge in [0.2, 0.25) is 23.5 Å². The lowest BCUT2D eigenvalue weighted by Crippen LogP contribution is -2.59. The lowest BCUT2D eigenvalue weighted by Gasteiger charge is -2.36. The number of ether oxygens (including phenoxy) is 3. The van der Waals surface area contributed by atoms with Gasteiger partial charge in [-0.05, 0) is 49.2 Å². The third kappa shape index (κ3) is 9.00. The second kappa shape index (κ2) is 16.1. The monoisotopic (exact) mass is 741 g/mol. The molecule has 3 heterocycles. The number of rotatable bonds is 13. The van der Waals surface area contributed by atoms with Gasteiger partial charge < -0.3 is 35.1 Å². The molecule has 2 saturated heterocycles. The van der Waals surface area contributed by atoms with Gasteiger partial charge in [0, 0.05) is 50.1 Å². The highest BCUT2D eigenvalue weighted by atomic mass is 35.5. The Balaban J connectivity index is 1.45. The van der Waals surface area contributed by atoms with E-state index < -0.39 is 52.6 Å². The number of carbonyl (C=O) groups excluding carboxylic acids is 5. The number of likely N-dealkylation sites (tertiary alicyclic amines) is 1. The summed E-state index contributed by atoms with van der Waals surface area (Å²) in [6.07, 6.45) is 10.3. The number of hydrogen-bond acceptors (Lipinski definition) is 10. The Bertz CT molecular complexity index is 1640. The van der Waals surface area contributed by atoms with Crippen LogP contribution < -0.4 is 30.9 Å². The second-order valence-corrected chi connectivity index (χ2v) is 15.3. The Morgan fingerprint density at radius 3 is 2.38 bits per heavy atom. The number of carbonyl (C=O) groups is 5. The molecule has 1 aromatic carbocycles. The lowest BCUT2D eigenvalue weighted by molar-refractivity contribution is -0.145. The van der Waals surface area contributed by atoms with Crippen molar-refractivity contribution in [1.82, 2.24) is 26.3 Å². The maximum atomic E-state index is 14.6. The molecule has 4 amide bonds. The van der Waals surface area contributed by atoms with E-state index in [9.17, 15) is 24.0 Å². The smallest absolute Gasteiger partial charge is 0.289 e. The number of ketones is 1. The van der Waals surface area contributed by atoms with E-state index in [1.807, 2.05) is 20.8 Å². The van der Waals surface area contributed by atoms with Gasteiger partial charge in [-0.15, -0.1) is 12.3 Å². The van der Waals surface area contributed by atoms with Crippen LogP contribution in [0.4, 0.5) is 0 Å². The van der Waals surface area contributed by atoms with E-state index in [1.165, 1.54) is 19.1 Å². The third-order valence-electron chi connectivity index (χ3n) is 9.80. The minimum absolute atomic E-state index is 0.0363. The zero-order valence-corrected chi connectivity index (χ0v) is 31.0. The van der Waals surface area contributed by atoms with E-state index in [1.54, 1.807) is 18.2 Å². The van der Waals surface area contributed by atoms with Crippen LogP contribution >= 0.6 is 11.6 Å². The fourth-order valence-electron chi connectivity index (χ4n) is 6.71. The molecule has 4 aliphatic rings. The number of terminal acetylenes is 1. The topological polar surface area (TPSA) is 174 Å².